The van der Waals surface area contributed by atoms with Gasteiger partial charge in [-0.15, -0.1) is 11.3 Å². The summed E-state index contributed by atoms with van der Waals surface area (Å²) in [7, 11) is 0. The number of carbonyl (C=O) groups excluding carboxylic acids is 1. The normalized spacial score (nSPS) is 22.2. The number of thiazole rings is 1. The lowest BCUT2D eigenvalue weighted by atomic mass is 9.71. The molecule has 30 heavy (non-hydrogen) atoms. The molecule has 2 fully saturated rings. The predicted octanol–water partition coefficient (Wildman–Crippen LogP) is 3.54. The van der Waals surface area contributed by atoms with Gasteiger partial charge in [-0.2, -0.15) is 0 Å². The number of benzene rings is 1. The third kappa shape index (κ3) is 3.63. The standard InChI is InChI=1S/C23H29N3O3S/c1-16-17(2-3-18-19(16)15-29-21(18)28)20(27)14-25-9-4-23(5-10-25)6-11-26(12-7-23)22-24-8-13-30-22/h2-3,8,13,20,27H,4-7,9-12,14-15H2,1H3/t20-/m0/s1. The third-order valence-electron chi connectivity index (χ3n) is 7.43. The molecule has 5 rings (SSSR count). The maximum atomic E-state index is 11.8. The summed E-state index contributed by atoms with van der Waals surface area (Å²) in [6.07, 6.45) is 6.24. The summed E-state index contributed by atoms with van der Waals surface area (Å²) in [6.45, 7) is 7.25. The van der Waals surface area contributed by atoms with Gasteiger partial charge < -0.3 is 19.6 Å². The molecule has 2 saturated heterocycles. The molecule has 0 aliphatic carbocycles. The van der Waals surface area contributed by atoms with Gasteiger partial charge >= 0.3 is 5.97 Å². The van der Waals surface area contributed by atoms with Gasteiger partial charge in [0, 0.05) is 36.8 Å². The molecule has 6 nitrogen and oxygen atoms in total. The molecule has 7 heteroatoms. The van der Waals surface area contributed by atoms with Crippen LogP contribution in [0.2, 0.25) is 0 Å². The van der Waals surface area contributed by atoms with Gasteiger partial charge in [0.15, 0.2) is 5.13 Å². The highest BCUT2D eigenvalue weighted by molar-refractivity contribution is 7.13. The van der Waals surface area contributed by atoms with E-state index in [0.717, 1.165) is 48.0 Å². The summed E-state index contributed by atoms with van der Waals surface area (Å²) in [6, 6.07) is 3.70. The number of anilines is 1. The van der Waals surface area contributed by atoms with Crippen molar-refractivity contribution in [3.05, 3.63) is 46.0 Å². The monoisotopic (exact) mass is 427 g/mol. The first-order chi connectivity index (χ1) is 14.5. The number of aliphatic hydroxyl groups is 1. The van der Waals surface area contributed by atoms with Crippen LogP contribution in [-0.2, 0) is 11.3 Å². The summed E-state index contributed by atoms with van der Waals surface area (Å²) in [5, 5.41) is 14.1. The molecule has 1 spiro atoms. The number of fused-ring (bicyclic) bond motifs is 1. The van der Waals surface area contributed by atoms with E-state index in [4.69, 9.17) is 4.74 Å². The van der Waals surface area contributed by atoms with E-state index in [1.54, 1.807) is 17.4 Å². The Balaban J connectivity index is 1.17. The van der Waals surface area contributed by atoms with Gasteiger partial charge in [0.2, 0.25) is 0 Å². The van der Waals surface area contributed by atoms with Crippen molar-refractivity contribution in [1.29, 1.82) is 0 Å². The van der Waals surface area contributed by atoms with Crippen molar-refractivity contribution in [3.8, 4) is 0 Å². The highest BCUT2D eigenvalue weighted by Gasteiger charge is 2.38. The van der Waals surface area contributed by atoms with Gasteiger partial charge in [-0.1, -0.05) is 6.07 Å². The van der Waals surface area contributed by atoms with Gasteiger partial charge in [-0.25, -0.2) is 9.78 Å². The number of ether oxygens (including phenoxy) is 1. The first kappa shape index (κ1) is 20.0. The maximum Gasteiger partial charge on any atom is 0.338 e. The van der Waals surface area contributed by atoms with Crippen LogP contribution in [-0.4, -0.2) is 53.7 Å². The second-order valence-electron chi connectivity index (χ2n) is 9.00. The maximum absolute atomic E-state index is 11.8. The molecule has 1 aromatic heterocycles. The summed E-state index contributed by atoms with van der Waals surface area (Å²) < 4.78 is 5.15. The average Bonchev–Trinajstić information content (AvgIpc) is 3.42. The number of carbonyl (C=O) groups is 1. The van der Waals surface area contributed by atoms with Crippen LogP contribution in [0, 0.1) is 12.3 Å². The largest absolute Gasteiger partial charge is 0.457 e. The van der Waals surface area contributed by atoms with Gasteiger partial charge in [-0.05, 0) is 68.3 Å². The first-order valence-corrected chi connectivity index (χ1v) is 11.8. The van der Waals surface area contributed by atoms with E-state index in [0.29, 0.717) is 24.1 Å². The minimum Gasteiger partial charge on any atom is -0.457 e. The fourth-order valence-corrected chi connectivity index (χ4v) is 6.02. The van der Waals surface area contributed by atoms with Crippen molar-refractivity contribution in [1.82, 2.24) is 9.88 Å². The number of nitrogens with zero attached hydrogens (tertiary/aromatic N) is 3. The van der Waals surface area contributed by atoms with Crippen LogP contribution in [0.3, 0.4) is 0 Å². The Morgan fingerprint density at radius 1 is 1.20 bits per heavy atom. The molecule has 1 N–H and O–H groups in total. The lowest BCUT2D eigenvalue weighted by Gasteiger charge is -2.47. The number of hydrogen-bond donors (Lipinski definition) is 1. The Bertz CT molecular complexity index is 912. The molecule has 1 aromatic carbocycles. The van der Waals surface area contributed by atoms with E-state index in [1.165, 1.54) is 25.7 Å². The quantitative estimate of drug-likeness (QED) is 0.753. The highest BCUT2D eigenvalue weighted by Crippen LogP contribution is 2.42. The molecular formula is C23H29N3O3S. The summed E-state index contributed by atoms with van der Waals surface area (Å²) >= 11 is 1.73. The number of aromatic nitrogens is 1. The lowest BCUT2D eigenvalue weighted by Crippen LogP contribution is -2.47. The number of rotatable bonds is 4. The molecule has 3 aliphatic rings. The second kappa shape index (κ2) is 7.94. The minimum atomic E-state index is -0.535. The number of piperidine rings is 2. The van der Waals surface area contributed by atoms with Crippen LogP contribution in [0.5, 0.6) is 0 Å². The van der Waals surface area contributed by atoms with Gasteiger partial charge in [0.05, 0.1) is 11.7 Å². The molecule has 2 aromatic rings. The van der Waals surface area contributed by atoms with E-state index >= 15 is 0 Å². The highest BCUT2D eigenvalue weighted by atomic mass is 32.1. The van der Waals surface area contributed by atoms with Crippen molar-refractivity contribution >= 4 is 22.4 Å². The summed E-state index contributed by atoms with van der Waals surface area (Å²) in [4.78, 5) is 21.0. The molecule has 0 saturated carbocycles. The van der Waals surface area contributed by atoms with Crippen LogP contribution in [0.4, 0.5) is 5.13 Å². The topological polar surface area (TPSA) is 65.9 Å². The van der Waals surface area contributed by atoms with Crippen LogP contribution < -0.4 is 4.90 Å². The van der Waals surface area contributed by atoms with Crippen LogP contribution in [0.15, 0.2) is 23.7 Å². The Morgan fingerprint density at radius 2 is 1.93 bits per heavy atom. The molecule has 160 valence electrons. The Kier molecular flexibility index (Phi) is 5.29. The van der Waals surface area contributed by atoms with E-state index < -0.39 is 6.10 Å². The average molecular weight is 428 g/mol. The second-order valence-corrected chi connectivity index (χ2v) is 9.87. The Labute approximate surface area is 181 Å². The molecule has 1 atom stereocenters. The Morgan fingerprint density at radius 3 is 2.63 bits per heavy atom. The molecule has 3 aliphatic heterocycles. The lowest BCUT2D eigenvalue weighted by molar-refractivity contribution is 0.0448. The number of β-amino-alcohol motifs (C(OH)–C–C–N with tert-alkyl or cyclic N) is 1. The fraction of sp³-hybridized carbons (Fsp3) is 0.565. The summed E-state index contributed by atoms with van der Waals surface area (Å²) in [5.41, 5.74) is 3.95. The zero-order valence-electron chi connectivity index (χ0n) is 17.5. The third-order valence-corrected chi connectivity index (χ3v) is 8.26. The van der Waals surface area contributed by atoms with E-state index in [2.05, 4.69) is 20.2 Å². The fourth-order valence-electron chi connectivity index (χ4n) is 5.33. The van der Waals surface area contributed by atoms with E-state index in [1.807, 2.05) is 19.2 Å². The molecular weight excluding hydrogens is 398 g/mol. The van der Waals surface area contributed by atoms with Crippen molar-refractivity contribution in [2.45, 2.75) is 45.3 Å². The predicted molar refractivity (Wildman–Crippen MR) is 117 cm³/mol. The SMILES string of the molecule is Cc1c([C@@H](O)CN2CCC3(CC2)CCN(c2nccs2)CC3)ccc2c1COC2=O. The molecule has 0 radical (unpaired) electrons. The van der Waals surface area contributed by atoms with Crippen LogP contribution in [0.25, 0.3) is 0 Å². The Hall–Kier alpha value is -1.96. The zero-order chi connectivity index (χ0) is 20.7. The molecule has 0 amide bonds. The van der Waals surface area contributed by atoms with Gasteiger partial charge in [0.25, 0.3) is 0 Å². The molecule has 0 unspecified atom stereocenters. The summed E-state index contributed by atoms with van der Waals surface area (Å²) in [5.74, 6) is -0.253. The molecule has 0 bridgehead atoms. The van der Waals surface area contributed by atoms with Crippen molar-refractivity contribution in [2.75, 3.05) is 37.6 Å². The number of cyclic esters (lactones) is 1. The van der Waals surface area contributed by atoms with E-state index in [-0.39, 0.29) is 5.97 Å². The number of esters is 1. The van der Waals surface area contributed by atoms with Crippen molar-refractivity contribution in [2.24, 2.45) is 5.41 Å². The minimum absolute atomic E-state index is 0.253. The number of likely N-dealkylation sites (tertiary alicyclic amines) is 1. The van der Waals surface area contributed by atoms with E-state index in [9.17, 15) is 9.90 Å². The van der Waals surface area contributed by atoms with Gasteiger partial charge in [-0.3, -0.25) is 0 Å². The number of aliphatic hydroxyl groups excluding tert-OH is 1. The zero-order valence-corrected chi connectivity index (χ0v) is 18.3. The van der Waals surface area contributed by atoms with Gasteiger partial charge in [0.1, 0.15) is 6.61 Å². The molecule has 4 heterocycles. The smallest absolute Gasteiger partial charge is 0.338 e. The van der Waals surface area contributed by atoms with Crippen molar-refractivity contribution in [3.63, 3.8) is 0 Å². The first-order valence-electron chi connectivity index (χ1n) is 10.9. The van der Waals surface area contributed by atoms with Crippen LogP contribution >= 0.6 is 11.3 Å². The number of hydrogen-bond acceptors (Lipinski definition) is 7. The van der Waals surface area contributed by atoms with Crippen molar-refractivity contribution < 1.29 is 14.6 Å². The van der Waals surface area contributed by atoms with Crippen LogP contribution in [0.1, 0.15) is 58.8 Å².